The molecule has 0 aromatic rings. The molecule has 2 heteroatoms. The van der Waals surface area contributed by atoms with Gasteiger partial charge in [0.1, 0.15) is 0 Å². The molecule has 2 N–H and O–H groups in total. The Labute approximate surface area is 75.4 Å². The monoisotopic (exact) mass is 168 g/mol. The summed E-state index contributed by atoms with van der Waals surface area (Å²) >= 11 is 0. The van der Waals surface area contributed by atoms with Crippen molar-refractivity contribution >= 4 is 0 Å². The maximum absolute atomic E-state index is 3.69. The first-order valence-electron chi connectivity index (χ1n) is 4.98. The van der Waals surface area contributed by atoms with Crippen molar-refractivity contribution in [3.63, 3.8) is 0 Å². The number of rotatable bonds is 5. The third-order valence-corrected chi connectivity index (χ3v) is 2.33. The Bertz CT molecular complexity index is 117. The zero-order chi connectivity index (χ0) is 8.65. The summed E-state index contributed by atoms with van der Waals surface area (Å²) in [4.78, 5) is 0. The maximum atomic E-state index is 3.69. The topological polar surface area (TPSA) is 24.1 Å². The summed E-state index contributed by atoms with van der Waals surface area (Å²) in [6, 6.07) is 0.712. The summed E-state index contributed by atoms with van der Waals surface area (Å²) in [5, 5.41) is 6.93. The number of piperidine rings is 1. The molecular formula is C10H20N2. The molecule has 1 aliphatic rings. The molecular weight excluding hydrogens is 148 g/mol. The summed E-state index contributed by atoms with van der Waals surface area (Å²) in [5.74, 6) is 0. The molecule has 0 spiro atoms. The van der Waals surface area contributed by atoms with Gasteiger partial charge >= 0.3 is 0 Å². The van der Waals surface area contributed by atoms with E-state index in [1.165, 1.54) is 25.8 Å². The molecule has 0 amide bonds. The minimum absolute atomic E-state index is 0.712. The van der Waals surface area contributed by atoms with Crippen LogP contribution >= 0.6 is 0 Å². The van der Waals surface area contributed by atoms with E-state index in [-0.39, 0.29) is 0 Å². The number of hydrogen-bond donors (Lipinski definition) is 2. The fourth-order valence-corrected chi connectivity index (χ4v) is 1.58. The number of hydrogen-bond acceptors (Lipinski definition) is 2. The van der Waals surface area contributed by atoms with Crippen LogP contribution in [0.15, 0.2) is 12.7 Å². The van der Waals surface area contributed by atoms with Gasteiger partial charge in [-0.3, -0.25) is 0 Å². The maximum Gasteiger partial charge on any atom is 0.0192 e. The highest BCUT2D eigenvalue weighted by Crippen LogP contribution is 2.05. The molecule has 0 aliphatic carbocycles. The first kappa shape index (κ1) is 9.75. The van der Waals surface area contributed by atoms with Gasteiger partial charge in [-0.05, 0) is 32.4 Å². The lowest BCUT2D eigenvalue weighted by Gasteiger charge is -2.23. The van der Waals surface area contributed by atoms with E-state index in [9.17, 15) is 0 Å². The van der Waals surface area contributed by atoms with E-state index < -0.39 is 0 Å². The van der Waals surface area contributed by atoms with Gasteiger partial charge in [-0.15, -0.1) is 6.58 Å². The summed E-state index contributed by atoms with van der Waals surface area (Å²) in [5.41, 5.74) is 0. The van der Waals surface area contributed by atoms with E-state index in [0.29, 0.717) is 6.04 Å². The smallest absolute Gasteiger partial charge is 0.0192 e. The number of nitrogens with one attached hydrogen (secondary N) is 2. The van der Waals surface area contributed by atoms with Crippen LogP contribution in [0.2, 0.25) is 0 Å². The highest BCUT2D eigenvalue weighted by Gasteiger charge is 2.10. The Hall–Kier alpha value is -0.340. The lowest BCUT2D eigenvalue weighted by molar-refractivity contribution is 0.385. The van der Waals surface area contributed by atoms with Crippen LogP contribution < -0.4 is 10.6 Å². The fourth-order valence-electron chi connectivity index (χ4n) is 1.58. The Balaban J connectivity index is 1.94. The third kappa shape index (κ3) is 3.88. The Morgan fingerprint density at radius 1 is 1.50 bits per heavy atom. The summed E-state index contributed by atoms with van der Waals surface area (Å²) in [6.45, 7) is 7.08. The van der Waals surface area contributed by atoms with Crippen molar-refractivity contribution < 1.29 is 0 Å². The molecule has 12 heavy (non-hydrogen) atoms. The molecule has 1 fully saturated rings. The van der Waals surface area contributed by atoms with Gasteiger partial charge in [0.2, 0.25) is 0 Å². The van der Waals surface area contributed by atoms with Gasteiger partial charge in [0.15, 0.2) is 0 Å². The van der Waals surface area contributed by atoms with Gasteiger partial charge < -0.3 is 10.6 Å². The Morgan fingerprint density at radius 3 is 3.08 bits per heavy atom. The SMILES string of the molecule is C=CCCNCC1CCCCN1. The second-order valence-corrected chi connectivity index (χ2v) is 3.43. The van der Waals surface area contributed by atoms with Gasteiger partial charge in [-0.2, -0.15) is 0 Å². The molecule has 1 heterocycles. The minimum Gasteiger partial charge on any atom is -0.315 e. The molecule has 1 saturated heterocycles. The second kappa shape index (κ2) is 6.21. The van der Waals surface area contributed by atoms with Crippen molar-refractivity contribution in [3.05, 3.63) is 12.7 Å². The Morgan fingerprint density at radius 2 is 2.42 bits per heavy atom. The van der Waals surface area contributed by atoms with Crippen LogP contribution in [0.4, 0.5) is 0 Å². The second-order valence-electron chi connectivity index (χ2n) is 3.43. The third-order valence-electron chi connectivity index (χ3n) is 2.33. The quantitative estimate of drug-likeness (QED) is 0.477. The fraction of sp³-hybridized carbons (Fsp3) is 0.800. The summed E-state index contributed by atoms with van der Waals surface area (Å²) in [7, 11) is 0. The van der Waals surface area contributed by atoms with Gasteiger partial charge in [0, 0.05) is 12.6 Å². The molecule has 0 aromatic heterocycles. The van der Waals surface area contributed by atoms with Crippen LogP contribution in [0.5, 0.6) is 0 Å². The lowest BCUT2D eigenvalue weighted by atomic mass is 10.1. The first-order valence-corrected chi connectivity index (χ1v) is 4.98. The average molecular weight is 168 g/mol. The van der Waals surface area contributed by atoms with Gasteiger partial charge in [-0.25, -0.2) is 0 Å². The molecule has 0 saturated carbocycles. The lowest BCUT2D eigenvalue weighted by Crippen LogP contribution is -2.41. The molecule has 0 radical (unpaired) electrons. The largest absolute Gasteiger partial charge is 0.315 e. The predicted octanol–water partition coefficient (Wildman–Crippen LogP) is 1.29. The highest BCUT2D eigenvalue weighted by atomic mass is 15.0. The van der Waals surface area contributed by atoms with E-state index >= 15 is 0 Å². The van der Waals surface area contributed by atoms with Gasteiger partial charge in [0.25, 0.3) is 0 Å². The molecule has 2 nitrogen and oxygen atoms in total. The van der Waals surface area contributed by atoms with Crippen LogP contribution in [0.3, 0.4) is 0 Å². The van der Waals surface area contributed by atoms with Crippen molar-refractivity contribution in [2.75, 3.05) is 19.6 Å². The zero-order valence-corrected chi connectivity index (χ0v) is 7.81. The van der Waals surface area contributed by atoms with Crippen LogP contribution in [0.25, 0.3) is 0 Å². The molecule has 0 aromatic carbocycles. The molecule has 1 rings (SSSR count). The van der Waals surface area contributed by atoms with Crippen LogP contribution in [0, 0.1) is 0 Å². The van der Waals surface area contributed by atoms with Crippen LogP contribution in [0.1, 0.15) is 25.7 Å². The van der Waals surface area contributed by atoms with Crippen LogP contribution in [-0.4, -0.2) is 25.7 Å². The molecule has 70 valence electrons. The molecule has 0 bridgehead atoms. The van der Waals surface area contributed by atoms with Crippen molar-refractivity contribution in [1.82, 2.24) is 10.6 Å². The average Bonchev–Trinajstić information content (AvgIpc) is 2.14. The normalized spacial score (nSPS) is 23.8. The van der Waals surface area contributed by atoms with Crippen LogP contribution in [-0.2, 0) is 0 Å². The van der Waals surface area contributed by atoms with E-state index in [4.69, 9.17) is 0 Å². The van der Waals surface area contributed by atoms with E-state index in [1.54, 1.807) is 0 Å². The standard InChI is InChI=1S/C10H20N2/c1-2-3-7-11-9-10-6-4-5-8-12-10/h2,10-12H,1,3-9H2. The van der Waals surface area contributed by atoms with E-state index in [1.807, 2.05) is 6.08 Å². The van der Waals surface area contributed by atoms with Gasteiger partial charge in [-0.1, -0.05) is 12.5 Å². The Kier molecular flexibility index (Phi) is 5.04. The van der Waals surface area contributed by atoms with Crippen molar-refractivity contribution in [3.8, 4) is 0 Å². The van der Waals surface area contributed by atoms with Crippen molar-refractivity contribution in [2.24, 2.45) is 0 Å². The predicted molar refractivity (Wildman–Crippen MR) is 53.3 cm³/mol. The molecule has 1 atom stereocenters. The molecule has 1 unspecified atom stereocenters. The highest BCUT2D eigenvalue weighted by molar-refractivity contribution is 4.75. The zero-order valence-electron chi connectivity index (χ0n) is 7.81. The van der Waals surface area contributed by atoms with E-state index in [0.717, 1.165) is 19.5 Å². The van der Waals surface area contributed by atoms with Crippen molar-refractivity contribution in [2.45, 2.75) is 31.7 Å². The van der Waals surface area contributed by atoms with Gasteiger partial charge in [0.05, 0.1) is 0 Å². The van der Waals surface area contributed by atoms with E-state index in [2.05, 4.69) is 17.2 Å². The minimum atomic E-state index is 0.712. The summed E-state index contributed by atoms with van der Waals surface area (Å²) < 4.78 is 0. The van der Waals surface area contributed by atoms with Crippen molar-refractivity contribution in [1.29, 1.82) is 0 Å². The summed E-state index contributed by atoms with van der Waals surface area (Å²) in [6.07, 6.45) is 7.11. The first-order chi connectivity index (χ1) is 5.93. The molecule has 1 aliphatic heterocycles.